The third-order valence-electron chi connectivity index (χ3n) is 6.00. The van der Waals surface area contributed by atoms with Crippen LogP contribution in [0, 0.1) is 13.8 Å². The van der Waals surface area contributed by atoms with Crippen LogP contribution in [0.2, 0.25) is 0 Å². The predicted octanol–water partition coefficient (Wildman–Crippen LogP) is 5.23. The summed E-state index contributed by atoms with van der Waals surface area (Å²) in [6.07, 6.45) is 0.739. The minimum atomic E-state index is -3.90. The minimum Gasteiger partial charge on any atom is -0.308 e. The second-order valence-corrected chi connectivity index (χ2v) is 11.4. The van der Waals surface area contributed by atoms with E-state index in [0.29, 0.717) is 5.56 Å². The van der Waals surface area contributed by atoms with Gasteiger partial charge in [0.1, 0.15) is 0 Å². The highest BCUT2D eigenvalue weighted by atomic mass is 79.9. The number of nitrogens with zero attached hydrogens (tertiary/aromatic N) is 2. The second kappa shape index (κ2) is 9.41. The van der Waals surface area contributed by atoms with E-state index in [2.05, 4.69) is 15.9 Å². The molecule has 1 heterocycles. The fourth-order valence-corrected chi connectivity index (χ4v) is 6.44. The fraction of sp³-hybridized carbons (Fsp3) is 0.269. The van der Waals surface area contributed by atoms with Crippen LogP contribution in [-0.4, -0.2) is 31.2 Å². The van der Waals surface area contributed by atoms with Crippen LogP contribution in [0.5, 0.6) is 0 Å². The first-order valence-corrected chi connectivity index (χ1v) is 13.1. The van der Waals surface area contributed by atoms with Crippen molar-refractivity contribution in [2.45, 2.75) is 44.7 Å². The molecule has 7 heteroatoms. The summed E-state index contributed by atoms with van der Waals surface area (Å²) in [6.45, 7) is 5.53. The first kappa shape index (κ1) is 23.7. The molecule has 1 atom stereocenters. The van der Waals surface area contributed by atoms with Gasteiger partial charge in [-0.15, -0.1) is 0 Å². The van der Waals surface area contributed by atoms with Crippen molar-refractivity contribution in [3.8, 4) is 0 Å². The average molecular weight is 527 g/mol. The van der Waals surface area contributed by atoms with Crippen LogP contribution in [0.1, 0.15) is 29.2 Å². The highest BCUT2D eigenvalue weighted by molar-refractivity contribution is 9.10. The standard InChI is InChI=1S/C26H27BrN2O3S/c1-18-9-10-19(2)25(13-18)33(31,32)28(16-21-7-5-4-6-8-21)17-26(30)29-20(3)14-22-15-23(27)11-12-24(22)29/h4-13,15,20H,14,16-17H2,1-3H3/t20-/m0/s1. The number of halogens is 1. The van der Waals surface area contributed by atoms with E-state index in [1.165, 1.54) is 4.31 Å². The third-order valence-corrected chi connectivity index (χ3v) is 8.43. The molecule has 5 nitrogen and oxygen atoms in total. The highest BCUT2D eigenvalue weighted by Gasteiger charge is 2.35. The van der Waals surface area contributed by atoms with E-state index in [1.807, 2.05) is 68.4 Å². The molecule has 3 aromatic rings. The van der Waals surface area contributed by atoms with Crippen molar-refractivity contribution >= 4 is 37.5 Å². The van der Waals surface area contributed by atoms with Gasteiger partial charge in [0.05, 0.1) is 11.4 Å². The molecule has 0 aromatic heterocycles. The zero-order valence-corrected chi connectivity index (χ0v) is 21.4. The average Bonchev–Trinajstić information content (AvgIpc) is 3.10. The molecule has 0 aliphatic carbocycles. The smallest absolute Gasteiger partial charge is 0.244 e. The number of fused-ring (bicyclic) bond motifs is 1. The van der Waals surface area contributed by atoms with Gasteiger partial charge in [0.2, 0.25) is 15.9 Å². The first-order valence-electron chi connectivity index (χ1n) is 10.9. The molecule has 0 N–H and O–H groups in total. The van der Waals surface area contributed by atoms with Gasteiger partial charge in [0.15, 0.2) is 0 Å². The Bertz CT molecular complexity index is 1290. The molecule has 0 saturated carbocycles. The monoisotopic (exact) mass is 526 g/mol. The normalized spacial score (nSPS) is 15.7. The molecule has 0 spiro atoms. The lowest BCUT2D eigenvalue weighted by molar-refractivity contribution is -0.119. The van der Waals surface area contributed by atoms with Crippen LogP contribution in [0.25, 0.3) is 0 Å². The van der Waals surface area contributed by atoms with Crippen LogP contribution >= 0.6 is 15.9 Å². The molecule has 0 fully saturated rings. The molecule has 1 aliphatic heterocycles. The van der Waals surface area contributed by atoms with Crippen molar-refractivity contribution in [1.29, 1.82) is 0 Å². The summed E-state index contributed by atoms with van der Waals surface area (Å²) in [5.74, 6) is -0.228. The number of carbonyl (C=O) groups is 1. The van der Waals surface area contributed by atoms with Gasteiger partial charge in [-0.3, -0.25) is 4.79 Å². The Hall–Kier alpha value is -2.48. The zero-order valence-electron chi connectivity index (χ0n) is 19.0. The van der Waals surface area contributed by atoms with Crippen LogP contribution in [0.3, 0.4) is 0 Å². The van der Waals surface area contributed by atoms with Gasteiger partial charge in [-0.1, -0.05) is 58.4 Å². The number of anilines is 1. The molecule has 0 bridgehead atoms. The maximum Gasteiger partial charge on any atom is 0.244 e. The molecule has 0 radical (unpaired) electrons. The minimum absolute atomic E-state index is 0.0382. The quantitative estimate of drug-likeness (QED) is 0.441. The van der Waals surface area contributed by atoms with Gasteiger partial charge in [-0.25, -0.2) is 8.42 Å². The van der Waals surface area contributed by atoms with Gasteiger partial charge in [-0.05, 0) is 73.7 Å². The van der Waals surface area contributed by atoms with E-state index in [4.69, 9.17) is 0 Å². The maximum absolute atomic E-state index is 13.8. The molecule has 33 heavy (non-hydrogen) atoms. The van der Waals surface area contributed by atoms with E-state index in [9.17, 15) is 13.2 Å². The van der Waals surface area contributed by atoms with Crippen molar-refractivity contribution in [3.63, 3.8) is 0 Å². The van der Waals surface area contributed by atoms with Crippen molar-refractivity contribution in [3.05, 3.63) is 93.5 Å². The number of hydrogen-bond donors (Lipinski definition) is 0. The number of aryl methyl sites for hydroxylation is 2. The van der Waals surface area contributed by atoms with Gasteiger partial charge in [0.25, 0.3) is 0 Å². The van der Waals surface area contributed by atoms with Crippen LogP contribution in [0.15, 0.2) is 76.1 Å². The summed E-state index contributed by atoms with van der Waals surface area (Å²) < 4.78 is 29.8. The van der Waals surface area contributed by atoms with E-state index in [0.717, 1.165) is 33.3 Å². The number of sulfonamides is 1. The lowest BCUT2D eigenvalue weighted by Crippen LogP contribution is -2.45. The number of hydrogen-bond acceptors (Lipinski definition) is 3. The van der Waals surface area contributed by atoms with Gasteiger partial charge < -0.3 is 4.90 Å². The van der Waals surface area contributed by atoms with Crippen molar-refractivity contribution in [2.75, 3.05) is 11.4 Å². The number of amides is 1. The van der Waals surface area contributed by atoms with Crippen LogP contribution in [0.4, 0.5) is 5.69 Å². The summed E-state index contributed by atoms with van der Waals surface area (Å²) in [5, 5.41) is 0. The van der Waals surface area contributed by atoms with Gasteiger partial charge in [0, 0.05) is 22.7 Å². The predicted molar refractivity (Wildman–Crippen MR) is 135 cm³/mol. The van der Waals surface area contributed by atoms with Gasteiger partial charge >= 0.3 is 0 Å². The summed E-state index contributed by atoms with van der Waals surface area (Å²) in [4.78, 5) is 15.5. The Labute approximate surface area is 204 Å². The molecule has 0 unspecified atom stereocenters. The Morgan fingerprint density at radius 1 is 1.06 bits per heavy atom. The molecular weight excluding hydrogens is 500 g/mol. The number of benzene rings is 3. The molecule has 3 aromatic carbocycles. The maximum atomic E-state index is 13.8. The molecule has 4 rings (SSSR count). The van der Waals surface area contributed by atoms with Crippen molar-refractivity contribution in [2.24, 2.45) is 0 Å². The number of carbonyl (C=O) groups excluding carboxylic acids is 1. The topological polar surface area (TPSA) is 57.7 Å². The van der Waals surface area contributed by atoms with E-state index < -0.39 is 10.0 Å². The number of rotatable bonds is 6. The summed E-state index contributed by atoms with van der Waals surface area (Å²) in [7, 11) is -3.90. The first-order chi connectivity index (χ1) is 15.7. The van der Waals surface area contributed by atoms with E-state index in [-0.39, 0.29) is 29.9 Å². The van der Waals surface area contributed by atoms with Crippen LogP contribution < -0.4 is 4.90 Å². The fourth-order valence-electron chi connectivity index (χ4n) is 4.34. The third kappa shape index (κ3) is 4.90. The molecule has 1 aliphatic rings. The van der Waals surface area contributed by atoms with Crippen molar-refractivity contribution < 1.29 is 13.2 Å². The Morgan fingerprint density at radius 2 is 1.79 bits per heavy atom. The zero-order chi connectivity index (χ0) is 23.8. The Balaban J connectivity index is 1.70. The molecule has 172 valence electrons. The summed E-state index contributed by atoms with van der Waals surface area (Å²) in [5.41, 5.74) is 4.28. The lowest BCUT2D eigenvalue weighted by atomic mass is 10.1. The molecule has 0 saturated heterocycles. The Kier molecular flexibility index (Phi) is 6.75. The summed E-state index contributed by atoms with van der Waals surface area (Å²) in [6, 6.07) is 20.6. The molecular formula is C26H27BrN2O3S. The SMILES string of the molecule is Cc1ccc(C)c(S(=O)(=O)N(CC(=O)N2c3ccc(Br)cc3C[C@@H]2C)Cc2ccccc2)c1. The highest BCUT2D eigenvalue weighted by Crippen LogP contribution is 2.34. The largest absolute Gasteiger partial charge is 0.308 e. The van der Waals surface area contributed by atoms with Gasteiger partial charge in [-0.2, -0.15) is 4.31 Å². The van der Waals surface area contributed by atoms with E-state index >= 15 is 0 Å². The Morgan fingerprint density at radius 3 is 2.52 bits per heavy atom. The van der Waals surface area contributed by atoms with Crippen LogP contribution in [-0.2, 0) is 27.8 Å². The molecule has 1 amide bonds. The van der Waals surface area contributed by atoms with Crippen molar-refractivity contribution in [1.82, 2.24) is 4.31 Å². The summed E-state index contributed by atoms with van der Waals surface area (Å²) >= 11 is 3.49. The van der Waals surface area contributed by atoms with E-state index in [1.54, 1.807) is 24.0 Å². The second-order valence-electron chi connectivity index (χ2n) is 8.62. The lowest BCUT2D eigenvalue weighted by Gasteiger charge is -2.28.